The van der Waals surface area contributed by atoms with E-state index >= 15 is 0 Å². The lowest BCUT2D eigenvalue weighted by molar-refractivity contribution is 0.0401. The van der Waals surface area contributed by atoms with Crippen molar-refractivity contribution >= 4 is 29.1 Å². The van der Waals surface area contributed by atoms with Gasteiger partial charge in [-0.25, -0.2) is 0 Å². The highest BCUT2D eigenvalue weighted by Gasteiger charge is 2.29. The average Bonchev–Trinajstić information content (AvgIpc) is 2.62. The largest absolute Gasteiger partial charge is 0.388 e. The first kappa shape index (κ1) is 17.3. The van der Waals surface area contributed by atoms with Crippen LogP contribution in [-0.4, -0.2) is 29.0 Å². The standard InChI is InChI=1S/C19H19Cl2NO2/c20-16-7-3-13(4-8-16)18(23)15-2-1-11-22(12-15)19(24)14-5-9-17(21)10-6-14/h3-10,15,18,23H,1-2,11-12H2/t15?,18-/m1/s1. The first-order valence-corrected chi connectivity index (χ1v) is 8.78. The van der Waals surface area contributed by atoms with Crippen LogP contribution < -0.4 is 0 Å². The topological polar surface area (TPSA) is 40.5 Å². The number of halogens is 2. The molecule has 1 aliphatic heterocycles. The van der Waals surface area contributed by atoms with Gasteiger partial charge in [0.15, 0.2) is 0 Å². The van der Waals surface area contributed by atoms with Crippen LogP contribution in [0, 0.1) is 5.92 Å². The summed E-state index contributed by atoms with van der Waals surface area (Å²) in [5, 5.41) is 11.9. The second-order valence-corrected chi connectivity index (χ2v) is 7.03. The first-order valence-electron chi connectivity index (χ1n) is 8.03. The number of hydrogen-bond donors (Lipinski definition) is 1. The summed E-state index contributed by atoms with van der Waals surface area (Å²) in [7, 11) is 0. The number of amides is 1. The molecule has 2 atom stereocenters. The lowest BCUT2D eigenvalue weighted by Gasteiger charge is -2.35. The Morgan fingerprint density at radius 2 is 1.62 bits per heavy atom. The van der Waals surface area contributed by atoms with E-state index < -0.39 is 6.10 Å². The minimum atomic E-state index is -0.594. The number of aliphatic hydroxyl groups excluding tert-OH is 1. The van der Waals surface area contributed by atoms with E-state index in [0.29, 0.717) is 28.7 Å². The van der Waals surface area contributed by atoms with Crippen LogP contribution in [0.3, 0.4) is 0 Å². The molecule has 0 spiro atoms. The van der Waals surface area contributed by atoms with Gasteiger partial charge < -0.3 is 10.0 Å². The third-order valence-corrected chi connectivity index (χ3v) is 5.00. The second kappa shape index (κ2) is 7.56. The highest BCUT2D eigenvalue weighted by atomic mass is 35.5. The van der Waals surface area contributed by atoms with Crippen molar-refractivity contribution in [3.05, 3.63) is 69.7 Å². The molecule has 1 fully saturated rings. The molecule has 1 aliphatic rings. The molecule has 0 radical (unpaired) electrons. The predicted molar refractivity (Wildman–Crippen MR) is 96.5 cm³/mol. The molecule has 1 unspecified atom stereocenters. The summed E-state index contributed by atoms with van der Waals surface area (Å²) >= 11 is 11.8. The van der Waals surface area contributed by atoms with E-state index in [0.717, 1.165) is 18.4 Å². The molecule has 0 aromatic heterocycles. The zero-order valence-corrected chi connectivity index (χ0v) is 14.7. The van der Waals surface area contributed by atoms with E-state index in [1.807, 2.05) is 17.0 Å². The Kier molecular flexibility index (Phi) is 5.44. The summed E-state index contributed by atoms with van der Waals surface area (Å²) in [6.07, 6.45) is 1.19. The lowest BCUT2D eigenvalue weighted by Crippen LogP contribution is -2.41. The van der Waals surface area contributed by atoms with Gasteiger partial charge in [-0.3, -0.25) is 4.79 Å². The van der Waals surface area contributed by atoms with Gasteiger partial charge in [0.2, 0.25) is 0 Å². The number of benzene rings is 2. The van der Waals surface area contributed by atoms with Gasteiger partial charge in [-0.15, -0.1) is 0 Å². The fourth-order valence-corrected chi connectivity index (χ4v) is 3.41. The molecule has 0 saturated carbocycles. The number of piperidine rings is 1. The maximum absolute atomic E-state index is 12.6. The molecule has 2 aromatic carbocycles. The minimum Gasteiger partial charge on any atom is -0.388 e. The normalized spacial score (nSPS) is 19.1. The molecule has 24 heavy (non-hydrogen) atoms. The van der Waals surface area contributed by atoms with Gasteiger partial charge >= 0.3 is 0 Å². The molecule has 1 N–H and O–H groups in total. The Morgan fingerprint density at radius 3 is 2.25 bits per heavy atom. The molecule has 3 nitrogen and oxygen atoms in total. The summed E-state index contributed by atoms with van der Waals surface area (Å²) in [5.41, 5.74) is 1.46. The molecule has 1 amide bonds. The molecule has 126 valence electrons. The monoisotopic (exact) mass is 363 g/mol. The molecule has 2 aromatic rings. The van der Waals surface area contributed by atoms with Crippen LogP contribution in [0.1, 0.15) is 34.9 Å². The van der Waals surface area contributed by atoms with Gasteiger partial charge in [-0.2, -0.15) is 0 Å². The first-order chi connectivity index (χ1) is 11.5. The predicted octanol–water partition coefficient (Wildman–Crippen LogP) is 4.58. The number of nitrogens with zero attached hydrogens (tertiary/aromatic N) is 1. The zero-order chi connectivity index (χ0) is 17.1. The lowest BCUT2D eigenvalue weighted by atomic mass is 9.88. The van der Waals surface area contributed by atoms with Gasteiger partial charge in [0.05, 0.1) is 6.10 Å². The molecular formula is C19H19Cl2NO2. The van der Waals surface area contributed by atoms with Crippen molar-refractivity contribution in [3.8, 4) is 0 Å². The minimum absolute atomic E-state index is 0.0142. The molecule has 0 bridgehead atoms. The summed E-state index contributed by atoms with van der Waals surface area (Å²) in [6, 6.07) is 14.2. The summed E-state index contributed by atoms with van der Waals surface area (Å²) < 4.78 is 0. The fraction of sp³-hybridized carbons (Fsp3) is 0.316. The second-order valence-electron chi connectivity index (χ2n) is 6.16. The third kappa shape index (κ3) is 3.92. The molecule has 1 saturated heterocycles. The number of likely N-dealkylation sites (tertiary alicyclic amines) is 1. The Bertz CT molecular complexity index is 700. The van der Waals surface area contributed by atoms with Crippen LogP contribution >= 0.6 is 23.2 Å². The molecular weight excluding hydrogens is 345 g/mol. The van der Waals surface area contributed by atoms with Gasteiger partial charge in [0.1, 0.15) is 0 Å². The molecule has 1 heterocycles. The Labute approximate surface area is 151 Å². The van der Waals surface area contributed by atoms with Crippen LogP contribution in [0.2, 0.25) is 10.0 Å². The van der Waals surface area contributed by atoms with Gasteiger partial charge in [-0.1, -0.05) is 35.3 Å². The fourth-order valence-electron chi connectivity index (χ4n) is 3.16. The molecule has 5 heteroatoms. The maximum atomic E-state index is 12.6. The van der Waals surface area contributed by atoms with E-state index in [1.54, 1.807) is 36.4 Å². The van der Waals surface area contributed by atoms with Crippen molar-refractivity contribution < 1.29 is 9.90 Å². The molecule has 3 rings (SSSR count). The van der Waals surface area contributed by atoms with E-state index in [-0.39, 0.29) is 11.8 Å². The zero-order valence-electron chi connectivity index (χ0n) is 13.2. The Morgan fingerprint density at radius 1 is 1.04 bits per heavy atom. The van der Waals surface area contributed by atoms with Crippen molar-refractivity contribution in [2.45, 2.75) is 18.9 Å². The highest BCUT2D eigenvalue weighted by Crippen LogP contribution is 2.31. The van der Waals surface area contributed by atoms with Crippen molar-refractivity contribution in [1.29, 1.82) is 0 Å². The number of hydrogen-bond acceptors (Lipinski definition) is 2. The van der Waals surface area contributed by atoms with Crippen LogP contribution in [0.25, 0.3) is 0 Å². The van der Waals surface area contributed by atoms with Crippen molar-refractivity contribution in [1.82, 2.24) is 4.90 Å². The van der Waals surface area contributed by atoms with Crippen LogP contribution in [0.4, 0.5) is 0 Å². The summed E-state index contributed by atoms with van der Waals surface area (Å²) in [6.45, 7) is 1.26. The van der Waals surface area contributed by atoms with Crippen LogP contribution in [-0.2, 0) is 0 Å². The molecule has 0 aliphatic carbocycles. The SMILES string of the molecule is O=C(c1ccc(Cl)cc1)N1CCCC([C@H](O)c2ccc(Cl)cc2)C1. The number of aliphatic hydroxyl groups is 1. The van der Waals surface area contributed by atoms with E-state index in [2.05, 4.69) is 0 Å². The number of carbonyl (C=O) groups is 1. The van der Waals surface area contributed by atoms with Crippen LogP contribution in [0.15, 0.2) is 48.5 Å². The number of rotatable bonds is 3. The van der Waals surface area contributed by atoms with Crippen LogP contribution in [0.5, 0.6) is 0 Å². The maximum Gasteiger partial charge on any atom is 0.253 e. The van der Waals surface area contributed by atoms with Crippen molar-refractivity contribution in [3.63, 3.8) is 0 Å². The Hall–Kier alpha value is -1.55. The summed E-state index contributed by atoms with van der Waals surface area (Å²) in [5.74, 6) is 0.0100. The Balaban J connectivity index is 1.70. The third-order valence-electron chi connectivity index (χ3n) is 4.49. The van der Waals surface area contributed by atoms with Gasteiger partial charge in [0.25, 0.3) is 5.91 Å². The van der Waals surface area contributed by atoms with E-state index in [4.69, 9.17) is 23.2 Å². The average molecular weight is 364 g/mol. The van der Waals surface area contributed by atoms with E-state index in [1.165, 1.54) is 0 Å². The smallest absolute Gasteiger partial charge is 0.253 e. The quantitative estimate of drug-likeness (QED) is 0.866. The van der Waals surface area contributed by atoms with Gasteiger partial charge in [-0.05, 0) is 54.8 Å². The highest BCUT2D eigenvalue weighted by molar-refractivity contribution is 6.30. The summed E-state index contributed by atoms with van der Waals surface area (Å²) in [4.78, 5) is 14.5. The van der Waals surface area contributed by atoms with E-state index in [9.17, 15) is 9.90 Å². The van der Waals surface area contributed by atoms with Crippen molar-refractivity contribution in [2.75, 3.05) is 13.1 Å². The van der Waals surface area contributed by atoms with Gasteiger partial charge in [0, 0.05) is 34.6 Å². The van der Waals surface area contributed by atoms with Crippen molar-refractivity contribution in [2.24, 2.45) is 5.92 Å². The number of carbonyl (C=O) groups excluding carboxylic acids is 1.